The van der Waals surface area contributed by atoms with Crippen LogP contribution < -0.4 is 5.32 Å². The number of nitrogens with one attached hydrogen (secondary N) is 1. The van der Waals surface area contributed by atoms with Gasteiger partial charge in [-0.2, -0.15) is 0 Å². The average molecular weight is 250 g/mol. The first kappa shape index (κ1) is 13.1. The van der Waals surface area contributed by atoms with Crippen LogP contribution in [0.2, 0.25) is 0 Å². The third kappa shape index (κ3) is 12.1. The molecule has 0 atom stereocenters. The van der Waals surface area contributed by atoms with E-state index in [1.807, 2.05) is 0 Å². The third-order valence-corrected chi connectivity index (χ3v) is 1.86. The van der Waals surface area contributed by atoms with E-state index >= 15 is 0 Å². The van der Waals surface area contributed by atoms with Crippen molar-refractivity contribution in [3.8, 4) is 0 Å². The van der Waals surface area contributed by atoms with E-state index in [1.165, 1.54) is 0 Å². The Hall–Kier alpha value is 0.140. The standard InChI is InChI=1S/C10H20BrNO/c1-9(2)4-6-13-7-5-12-8-10(3)11/h9,12H,3-8H2,1-2H3. The van der Waals surface area contributed by atoms with Gasteiger partial charge in [-0.3, -0.25) is 0 Å². The zero-order valence-corrected chi connectivity index (χ0v) is 10.2. The van der Waals surface area contributed by atoms with E-state index in [0.717, 1.165) is 43.1 Å². The largest absolute Gasteiger partial charge is 0.380 e. The maximum absolute atomic E-state index is 5.42. The van der Waals surface area contributed by atoms with E-state index in [1.54, 1.807) is 0 Å². The molecule has 0 aliphatic carbocycles. The van der Waals surface area contributed by atoms with Gasteiger partial charge in [-0.05, 0) is 12.3 Å². The Labute approximate surface area is 89.9 Å². The molecular weight excluding hydrogens is 230 g/mol. The lowest BCUT2D eigenvalue weighted by Crippen LogP contribution is -2.21. The first-order valence-electron chi connectivity index (χ1n) is 4.74. The highest BCUT2D eigenvalue weighted by molar-refractivity contribution is 9.11. The van der Waals surface area contributed by atoms with Crippen LogP contribution in [0.1, 0.15) is 20.3 Å². The second-order valence-electron chi connectivity index (χ2n) is 3.49. The molecule has 1 N–H and O–H groups in total. The second kappa shape index (κ2) is 8.73. The van der Waals surface area contributed by atoms with Gasteiger partial charge in [0, 0.05) is 24.2 Å². The lowest BCUT2D eigenvalue weighted by molar-refractivity contribution is 0.126. The predicted octanol–water partition coefficient (Wildman–Crippen LogP) is 2.55. The molecule has 78 valence electrons. The van der Waals surface area contributed by atoms with Crippen molar-refractivity contribution in [2.75, 3.05) is 26.3 Å². The SMILES string of the molecule is C=C(Br)CNCCOCCC(C)C. The van der Waals surface area contributed by atoms with Crippen LogP contribution >= 0.6 is 15.9 Å². The molecule has 0 aromatic heterocycles. The first-order chi connectivity index (χ1) is 6.13. The minimum absolute atomic E-state index is 0.732. The Kier molecular flexibility index (Phi) is 8.82. The Balaban J connectivity index is 2.96. The van der Waals surface area contributed by atoms with Gasteiger partial charge in [-0.15, -0.1) is 0 Å². The smallest absolute Gasteiger partial charge is 0.0591 e. The zero-order chi connectivity index (χ0) is 10.1. The zero-order valence-electron chi connectivity index (χ0n) is 8.61. The molecule has 0 heterocycles. The molecular formula is C10H20BrNO. The van der Waals surface area contributed by atoms with Crippen LogP contribution in [0.4, 0.5) is 0 Å². The van der Waals surface area contributed by atoms with Crippen LogP contribution in [-0.4, -0.2) is 26.3 Å². The van der Waals surface area contributed by atoms with Crippen molar-refractivity contribution in [2.24, 2.45) is 5.92 Å². The summed E-state index contributed by atoms with van der Waals surface area (Å²) in [5.41, 5.74) is 0. The van der Waals surface area contributed by atoms with Crippen molar-refractivity contribution in [1.82, 2.24) is 5.32 Å². The van der Waals surface area contributed by atoms with Crippen molar-refractivity contribution in [3.63, 3.8) is 0 Å². The third-order valence-electron chi connectivity index (χ3n) is 1.58. The first-order valence-corrected chi connectivity index (χ1v) is 5.54. The molecule has 0 aliphatic rings. The molecule has 0 bridgehead atoms. The van der Waals surface area contributed by atoms with Crippen molar-refractivity contribution in [2.45, 2.75) is 20.3 Å². The van der Waals surface area contributed by atoms with Gasteiger partial charge < -0.3 is 10.1 Å². The van der Waals surface area contributed by atoms with Gasteiger partial charge in [-0.25, -0.2) is 0 Å². The number of halogens is 1. The molecule has 0 aromatic carbocycles. The predicted molar refractivity (Wildman–Crippen MR) is 61.2 cm³/mol. The molecule has 0 aliphatic heterocycles. The molecule has 3 heteroatoms. The van der Waals surface area contributed by atoms with Gasteiger partial charge in [0.1, 0.15) is 0 Å². The average Bonchev–Trinajstić information content (AvgIpc) is 2.01. The van der Waals surface area contributed by atoms with Gasteiger partial charge in [0.2, 0.25) is 0 Å². The summed E-state index contributed by atoms with van der Waals surface area (Å²) in [5, 5.41) is 3.20. The monoisotopic (exact) mass is 249 g/mol. The minimum atomic E-state index is 0.732. The van der Waals surface area contributed by atoms with Gasteiger partial charge in [-0.1, -0.05) is 36.4 Å². The maximum Gasteiger partial charge on any atom is 0.0591 e. The van der Waals surface area contributed by atoms with Crippen LogP contribution in [0.5, 0.6) is 0 Å². The van der Waals surface area contributed by atoms with Gasteiger partial charge in [0.05, 0.1) is 6.61 Å². The van der Waals surface area contributed by atoms with E-state index in [-0.39, 0.29) is 0 Å². The number of ether oxygens (including phenoxy) is 1. The topological polar surface area (TPSA) is 21.3 Å². The Morgan fingerprint density at radius 3 is 2.69 bits per heavy atom. The van der Waals surface area contributed by atoms with Crippen LogP contribution in [-0.2, 0) is 4.74 Å². The molecule has 2 nitrogen and oxygen atoms in total. The highest BCUT2D eigenvalue weighted by Crippen LogP contribution is 1.98. The second-order valence-corrected chi connectivity index (χ2v) is 4.61. The van der Waals surface area contributed by atoms with E-state index in [4.69, 9.17) is 4.74 Å². The van der Waals surface area contributed by atoms with Crippen LogP contribution in [0.3, 0.4) is 0 Å². The summed E-state index contributed by atoms with van der Waals surface area (Å²) in [6.45, 7) is 11.5. The van der Waals surface area contributed by atoms with E-state index in [2.05, 4.69) is 41.7 Å². The molecule has 13 heavy (non-hydrogen) atoms. The molecule has 0 radical (unpaired) electrons. The molecule has 0 saturated carbocycles. The number of rotatable bonds is 8. The normalized spacial score (nSPS) is 10.8. The Morgan fingerprint density at radius 2 is 2.15 bits per heavy atom. The van der Waals surface area contributed by atoms with Gasteiger partial charge in [0.25, 0.3) is 0 Å². The summed E-state index contributed by atoms with van der Waals surface area (Å²) >= 11 is 3.28. The molecule has 0 rings (SSSR count). The fraction of sp³-hybridized carbons (Fsp3) is 0.800. The van der Waals surface area contributed by atoms with Gasteiger partial charge >= 0.3 is 0 Å². The van der Waals surface area contributed by atoms with Crippen molar-refractivity contribution < 1.29 is 4.74 Å². The Morgan fingerprint density at radius 1 is 1.46 bits per heavy atom. The summed E-state index contributed by atoms with van der Waals surface area (Å²) < 4.78 is 6.40. The summed E-state index contributed by atoms with van der Waals surface area (Å²) in [6.07, 6.45) is 1.14. The highest BCUT2D eigenvalue weighted by atomic mass is 79.9. The van der Waals surface area contributed by atoms with Crippen LogP contribution in [0.15, 0.2) is 11.1 Å². The Bertz CT molecular complexity index is 137. The number of hydrogen-bond donors (Lipinski definition) is 1. The van der Waals surface area contributed by atoms with Crippen LogP contribution in [0, 0.1) is 5.92 Å². The summed E-state index contributed by atoms with van der Waals surface area (Å²) in [7, 11) is 0. The molecule has 0 saturated heterocycles. The molecule has 0 fully saturated rings. The highest BCUT2D eigenvalue weighted by Gasteiger charge is 1.93. The van der Waals surface area contributed by atoms with E-state index in [9.17, 15) is 0 Å². The van der Waals surface area contributed by atoms with E-state index in [0.29, 0.717) is 0 Å². The van der Waals surface area contributed by atoms with Crippen molar-refractivity contribution in [1.29, 1.82) is 0 Å². The lowest BCUT2D eigenvalue weighted by atomic mass is 10.1. The summed E-state index contributed by atoms with van der Waals surface area (Å²) in [6, 6.07) is 0. The molecule has 0 spiro atoms. The fourth-order valence-electron chi connectivity index (χ4n) is 0.789. The minimum Gasteiger partial charge on any atom is -0.380 e. The number of hydrogen-bond acceptors (Lipinski definition) is 2. The van der Waals surface area contributed by atoms with Crippen LogP contribution in [0.25, 0.3) is 0 Å². The summed E-state index contributed by atoms with van der Waals surface area (Å²) in [5.74, 6) is 0.732. The van der Waals surface area contributed by atoms with E-state index < -0.39 is 0 Å². The van der Waals surface area contributed by atoms with Crippen molar-refractivity contribution >= 4 is 15.9 Å². The summed E-state index contributed by atoms with van der Waals surface area (Å²) in [4.78, 5) is 0. The maximum atomic E-state index is 5.42. The molecule has 0 amide bonds. The van der Waals surface area contributed by atoms with Gasteiger partial charge in [0.15, 0.2) is 0 Å². The molecule has 0 unspecified atom stereocenters. The van der Waals surface area contributed by atoms with Crippen molar-refractivity contribution in [3.05, 3.63) is 11.1 Å². The lowest BCUT2D eigenvalue weighted by Gasteiger charge is -2.06. The fourth-order valence-corrected chi connectivity index (χ4v) is 0.988. The quantitative estimate of drug-likeness (QED) is 0.668. The molecule has 0 aromatic rings.